The highest BCUT2D eigenvalue weighted by atomic mass is 16.1. The maximum Gasteiger partial charge on any atom is 0.150 e. The fraction of sp³-hybridized carbons (Fsp3) is 0.250. The van der Waals surface area contributed by atoms with Crippen molar-refractivity contribution in [2.45, 2.75) is 13.8 Å². The Morgan fingerprint density at radius 1 is 1.36 bits per heavy atom. The first-order valence-corrected chi connectivity index (χ1v) is 4.71. The Hall–Kier alpha value is -1.57. The lowest BCUT2D eigenvalue weighted by atomic mass is 10.1. The lowest BCUT2D eigenvalue weighted by Gasteiger charge is -2.06. The molecule has 1 aromatic rings. The summed E-state index contributed by atoms with van der Waals surface area (Å²) in [7, 11) is 1.78. The molecule has 0 saturated heterocycles. The Balaban J connectivity index is 0.000000791. The van der Waals surface area contributed by atoms with E-state index in [1.807, 2.05) is 32.0 Å². The highest BCUT2D eigenvalue weighted by Crippen LogP contribution is 2.12. The summed E-state index contributed by atoms with van der Waals surface area (Å²) in [5.41, 5.74) is 2.28. The molecule has 2 nitrogen and oxygen atoms in total. The summed E-state index contributed by atoms with van der Waals surface area (Å²) in [5, 5.41) is 2.90. The van der Waals surface area contributed by atoms with Crippen molar-refractivity contribution in [3.05, 3.63) is 42.0 Å². The van der Waals surface area contributed by atoms with Gasteiger partial charge in [-0.3, -0.25) is 4.79 Å². The smallest absolute Gasteiger partial charge is 0.150 e. The zero-order valence-corrected chi connectivity index (χ0v) is 9.00. The maximum atomic E-state index is 10.6. The van der Waals surface area contributed by atoms with E-state index in [4.69, 9.17) is 0 Å². The summed E-state index contributed by atoms with van der Waals surface area (Å²) < 4.78 is 0. The third-order valence-electron chi connectivity index (χ3n) is 1.71. The number of benzene rings is 1. The molecule has 0 aliphatic rings. The van der Waals surface area contributed by atoms with Gasteiger partial charge >= 0.3 is 0 Å². The standard InChI is InChI=1S/C10H11NO.C2H6/c1-8(11-2)10-6-4-3-5-9(10)7-12;1-2/h3-7,11H,1H2,2H3;1-2H3. The summed E-state index contributed by atoms with van der Waals surface area (Å²) in [6, 6.07) is 7.34. The van der Waals surface area contributed by atoms with Gasteiger partial charge in [-0.25, -0.2) is 0 Å². The van der Waals surface area contributed by atoms with Gasteiger partial charge in [0.2, 0.25) is 0 Å². The molecule has 0 radical (unpaired) electrons. The van der Waals surface area contributed by atoms with Crippen molar-refractivity contribution in [2.24, 2.45) is 0 Å². The van der Waals surface area contributed by atoms with Gasteiger partial charge in [0, 0.05) is 23.9 Å². The van der Waals surface area contributed by atoms with Gasteiger partial charge in [-0.2, -0.15) is 0 Å². The van der Waals surface area contributed by atoms with Crippen molar-refractivity contribution < 1.29 is 4.79 Å². The van der Waals surface area contributed by atoms with Gasteiger partial charge in [0.15, 0.2) is 6.29 Å². The molecule has 0 atom stereocenters. The van der Waals surface area contributed by atoms with Crippen molar-refractivity contribution in [3.8, 4) is 0 Å². The van der Waals surface area contributed by atoms with Crippen molar-refractivity contribution in [3.63, 3.8) is 0 Å². The summed E-state index contributed by atoms with van der Waals surface area (Å²) in [6.45, 7) is 7.78. The van der Waals surface area contributed by atoms with Gasteiger partial charge in [-0.15, -0.1) is 0 Å². The SMILES string of the molecule is C=C(NC)c1ccccc1C=O.CC. The highest BCUT2D eigenvalue weighted by molar-refractivity contribution is 5.84. The van der Waals surface area contributed by atoms with E-state index in [-0.39, 0.29) is 0 Å². The minimum absolute atomic E-state index is 0.664. The molecule has 0 heterocycles. The third-order valence-corrected chi connectivity index (χ3v) is 1.71. The lowest BCUT2D eigenvalue weighted by Crippen LogP contribution is -2.05. The molecule has 0 aliphatic heterocycles. The van der Waals surface area contributed by atoms with Crippen LogP contribution in [0.25, 0.3) is 5.70 Å². The zero-order chi connectivity index (χ0) is 11.0. The van der Waals surface area contributed by atoms with Gasteiger partial charge < -0.3 is 5.32 Å². The molecule has 0 amide bonds. The number of carbonyl (C=O) groups is 1. The Bertz CT molecular complexity index is 305. The van der Waals surface area contributed by atoms with Crippen LogP contribution in [0.4, 0.5) is 0 Å². The third kappa shape index (κ3) is 3.05. The average Bonchev–Trinajstić information content (AvgIpc) is 2.30. The predicted octanol–water partition coefficient (Wildman–Crippen LogP) is 2.72. The van der Waals surface area contributed by atoms with Crippen LogP contribution in [0, 0.1) is 0 Å². The summed E-state index contributed by atoms with van der Waals surface area (Å²) in [5.74, 6) is 0. The van der Waals surface area contributed by atoms with Crippen LogP contribution in [-0.4, -0.2) is 13.3 Å². The Kier molecular flexibility index (Phi) is 6.12. The summed E-state index contributed by atoms with van der Waals surface area (Å²) >= 11 is 0. The second kappa shape index (κ2) is 6.89. The molecule has 0 saturated carbocycles. The van der Waals surface area contributed by atoms with Crippen LogP contribution in [0.3, 0.4) is 0 Å². The second-order valence-electron chi connectivity index (χ2n) is 2.43. The van der Waals surface area contributed by atoms with Gasteiger partial charge in [0.25, 0.3) is 0 Å². The number of hydrogen-bond donors (Lipinski definition) is 1. The maximum absolute atomic E-state index is 10.6. The van der Waals surface area contributed by atoms with E-state index in [0.717, 1.165) is 17.5 Å². The molecule has 1 rings (SSSR count). The topological polar surface area (TPSA) is 29.1 Å². The molecule has 0 fully saturated rings. The first-order valence-electron chi connectivity index (χ1n) is 4.71. The number of carbonyl (C=O) groups excluding carboxylic acids is 1. The van der Waals surface area contributed by atoms with Crippen LogP contribution < -0.4 is 5.32 Å². The van der Waals surface area contributed by atoms with Crippen LogP contribution in [0.5, 0.6) is 0 Å². The molecular formula is C12H17NO. The normalized spacial score (nSPS) is 8.21. The average molecular weight is 191 g/mol. The molecule has 0 aromatic heterocycles. The molecule has 76 valence electrons. The molecule has 0 spiro atoms. The summed E-state index contributed by atoms with van der Waals surface area (Å²) in [6.07, 6.45) is 0.831. The Morgan fingerprint density at radius 3 is 2.43 bits per heavy atom. The number of aldehydes is 1. The zero-order valence-electron chi connectivity index (χ0n) is 9.00. The molecule has 0 aliphatic carbocycles. The van der Waals surface area contributed by atoms with Crippen molar-refractivity contribution in [2.75, 3.05) is 7.05 Å². The van der Waals surface area contributed by atoms with Crippen molar-refractivity contribution in [1.29, 1.82) is 0 Å². The fourth-order valence-corrected chi connectivity index (χ4v) is 1.01. The van der Waals surface area contributed by atoms with Gasteiger partial charge in [-0.05, 0) is 0 Å². The van der Waals surface area contributed by atoms with E-state index >= 15 is 0 Å². The van der Waals surface area contributed by atoms with Crippen LogP contribution >= 0.6 is 0 Å². The number of rotatable bonds is 3. The van der Waals surface area contributed by atoms with Crippen LogP contribution in [-0.2, 0) is 0 Å². The number of nitrogens with one attached hydrogen (secondary N) is 1. The first-order chi connectivity index (χ1) is 6.79. The van der Waals surface area contributed by atoms with Crippen molar-refractivity contribution in [1.82, 2.24) is 5.32 Å². The van der Waals surface area contributed by atoms with Gasteiger partial charge in [-0.1, -0.05) is 44.7 Å². The first kappa shape index (κ1) is 12.4. The van der Waals surface area contributed by atoms with Gasteiger partial charge in [0.05, 0.1) is 0 Å². The lowest BCUT2D eigenvalue weighted by molar-refractivity contribution is 0.112. The Labute approximate surface area is 85.6 Å². The van der Waals surface area contributed by atoms with Crippen LogP contribution in [0.15, 0.2) is 30.8 Å². The van der Waals surface area contributed by atoms with E-state index in [1.54, 1.807) is 13.1 Å². The Morgan fingerprint density at radius 2 is 1.93 bits per heavy atom. The largest absolute Gasteiger partial charge is 0.388 e. The summed E-state index contributed by atoms with van der Waals surface area (Å²) in [4.78, 5) is 10.6. The van der Waals surface area contributed by atoms with Crippen LogP contribution in [0.1, 0.15) is 29.8 Å². The molecule has 14 heavy (non-hydrogen) atoms. The second-order valence-corrected chi connectivity index (χ2v) is 2.43. The highest BCUT2D eigenvalue weighted by Gasteiger charge is 2.01. The molecule has 0 unspecified atom stereocenters. The monoisotopic (exact) mass is 191 g/mol. The van der Waals surface area contributed by atoms with Gasteiger partial charge in [0.1, 0.15) is 0 Å². The minimum atomic E-state index is 0.664. The van der Waals surface area contributed by atoms with E-state index in [9.17, 15) is 4.79 Å². The van der Waals surface area contributed by atoms with E-state index in [1.165, 1.54) is 0 Å². The van der Waals surface area contributed by atoms with Crippen LogP contribution in [0.2, 0.25) is 0 Å². The fourth-order valence-electron chi connectivity index (χ4n) is 1.01. The number of hydrogen-bond acceptors (Lipinski definition) is 2. The molecule has 2 heteroatoms. The quantitative estimate of drug-likeness (QED) is 0.744. The molecular weight excluding hydrogens is 174 g/mol. The predicted molar refractivity (Wildman–Crippen MR) is 61.3 cm³/mol. The van der Waals surface area contributed by atoms with E-state index < -0.39 is 0 Å². The van der Waals surface area contributed by atoms with Crippen molar-refractivity contribution >= 4 is 12.0 Å². The van der Waals surface area contributed by atoms with E-state index in [0.29, 0.717) is 5.56 Å². The molecule has 0 bridgehead atoms. The molecule has 1 N–H and O–H groups in total. The van der Waals surface area contributed by atoms with E-state index in [2.05, 4.69) is 11.9 Å². The molecule has 1 aromatic carbocycles. The minimum Gasteiger partial charge on any atom is -0.388 e.